The van der Waals surface area contributed by atoms with Gasteiger partial charge in [0.15, 0.2) is 23.0 Å². The van der Waals surface area contributed by atoms with E-state index in [2.05, 4.69) is 11.1 Å². The molecule has 0 unspecified atom stereocenters. The Kier molecular flexibility index (Phi) is 6.36. The normalized spacial score (nSPS) is 10.2. The second kappa shape index (κ2) is 9.13. The third-order valence-corrected chi connectivity index (χ3v) is 4.81. The molecule has 2 N–H and O–H groups in total. The van der Waals surface area contributed by atoms with Gasteiger partial charge in [0.2, 0.25) is 5.75 Å². The molecular formula is C23H23N3O5. The average Bonchev–Trinajstić information content (AvgIpc) is 2.81. The Morgan fingerprint density at radius 2 is 1.32 bits per heavy atom. The molecule has 3 rings (SSSR count). The van der Waals surface area contributed by atoms with Gasteiger partial charge >= 0.3 is 0 Å². The van der Waals surface area contributed by atoms with E-state index in [1.807, 2.05) is 6.07 Å². The monoisotopic (exact) mass is 421 g/mol. The Morgan fingerprint density at radius 3 is 1.84 bits per heavy atom. The maximum atomic E-state index is 9.73. The van der Waals surface area contributed by atoms with E-state index in [9.17, 15) is 5.26 Å². The summed E-state index contributed by atoms with van der Waals surface area (Å²) in [6.45, 7) is 0. The van der Waals surface area contributed by atoms with Gasteiger partial charge in [-0.1, -0.05) is 0 Å². The van der Waals surface area contributed by atoms with Crippen LogP contribution in [0, 0.1) is 11.3 Å². The Morgan fingerprint density at radius 1 is 0.742 bits per heavy atom. The number of nitrogens with two attached hydrogens (primary N) is 1. The molecule has 1 aromatic heterocycles. The van der Waals surface area contributed by atoms with Crippen molar-refractivity contribution < 1.29 is 23.7 Å². The fraction of sp³-hybridized carbons (Fsp3) is 0.217. The first-order chi connectivity index (χ1) is 15.0. The number of rotatable bonds is 7. The molecule has 0 aliphatic carbocycles. The zero-order valence-electron chi connectivity index (χ0n) is 18.0. The molecule has 2 aromatic carbocycles. The van der Waals surface area contributed by atoms with Crippen molar-refractivity contribution >= 4 is 5.82 Å². The Balaban J connectivity index is 2.25. The van der Waals surface area contributed by atoms with Crippen LogP contribution >= 0.6 is 0 Å². The predicted molar refractivity (Wildman–Crippen MR) is 117 cm³/mol. The fourth-order valence-corrected chi connectivity index (χ4v) is 3.29. The van der Waals surface area contributed by atoms with Gasteiger partial charge in [0, 0.05) is 11.1 Å². The van der Waals surface area contributed by atoms with Crippen molar-refractivity contribution in [1.82, 2.24) is 4.98 Å². The lowest BCUT2D eigenvalue weighted by molar-refractivity contribution is 0.324. The molecular weight excluding hydrogens is 398 g/mol. The summed E-state index contributed by atoms with van der Waals surface area (Å²) in [5, 5.41) is 9.73. The van der Waals surface area contributed by atoms with Crippen molar-refractivity contribution in [2.75, 3.05) is 41.3 Å². The van der Waals surface area contributed by atoms with Crippen LogP contribution in [0.2, 0.25) is 0 Å². The van der Waals surface area contributed by atoms with E-state index >= 15 is 0 Å². The maximum absolute atomic E-state index is 9.73. The number of hydrogen-bond acceptors (Lipinski definition) is 8. The van der Waals surface area contributed by atoms with Gasteiger partial charge < -0.3 is 29.4 Å². The zero-order chi connectivity index (χ0) is 22.5. The summed E-state index contributed by atoms with van der Waals surface area (Å²) < 4.78 is 27.0. The van der Waals surface area contributed by atoms with Gasteiger partial charge in [0.05, 0.1) is 41.2 Å². The van der Waals surface area contributed by atoms with Crippen LogP contribution in [0.1, 0.15) is 5.56 Å². The minimum Gasteiger partial charge on any atom is -0.493 e. The standard InChI is InChI=1S/C23H23N3O5/c1-27-18-7-6-13(8-19(18)28-2)17-11-15(16(12-24)23(25)26-17)14-9-20(29-3)22(31-5)21(10-14)30-4/h6-11H,1-5H3,(H2,25,26). The van der Waals surface area contributed by atoms with E-state index in [1.165, 1.54) is 21.3 Å². The summed E-state index contributed by atoms with van der Waals surface area (Å²) in [6, 6.07) is 12.9. The maximum Gasteiger partial charge on any atom is 0.203 e. The lowest BCUT2D eigenvalue weighted by Gasteiger charge is -2.16. The van der Waals surface area contributed by atoms with Crippen LogP contribution < -0.4 is 29.4 Å². The van der Waals surface area contributed by atoms with E-state index in [1.54, 1.807) is 44.6 Å². The third kappa shape index (κ3) is 3.98. The van der Waals surface area contributed by atoms with E-state index in [-0.39, 0.29) is 11.4 Å². The molecule has 1 heterocycles. The number of ether oxygens (including phenoxy) is 5. The van der Waals surface area contributed by atoms with Crippen LogP contribution in [0.25, 0.3) is 22.4 Å². The lowest BCUT2D eigenvalue weighted by atomic mass is 9.97. The van der Waals surface area contributed by atoms with Gasteiger partial charge in [0.1, 0.15) is 17.5 Å². The molecule has 31 heavy (non-hydrogen) atoms. The quantitative estimate of drug-likeness (QED) is 0.612. The molecule has 0 amide bonds. The van der Waals surface area contributed by atoms with Crippen LogP contribution in [0.15, 0.2) is 36.4 Å². The summed E-state index contributed by atoms with van der Waals surface area (Å²) >= 11 is 0. The van der Waals surface area contributed by atoms with Crippen LogP contribution in [0.3, 0.4) is 0 Å². The molecule has 0 spiro atoms. The SMILES string of the molecule is COc1ccc(-c2cc(-c3cc(OC)c(OC)c(OC)c3)c(C#N)c(N)n2)cc1OC. The van der Waals surface area contributed by atoms with Gasteiger partial charge in [-0.3, -0.25) is 0 Å². The van der Waals surface area contributed by atoms with Crippen molar-refractivity contribution in [3.05, 3.63) is 42.0 Å². The highest BCUT2D eigenvalue weighted by Crippen LogP contribution is 2.43. The van der Waals surface area contributed by atoms with Crippen LogP contribution in [-0.4, -0.2) is 40.5 Å². The highest BCUT2D eigenvalue weighted by molar-refractivity contribution is 5.82. The molecule has 3 aromatic rings. The van der Waals surface area contributed by atoms with Crippen LogP contribution in [-0.2, 0) is 0 Å². The van der Waals surface area contributed by atoms with E-state index in [0.29, 0.717) is 45.6 Å². The van der Waals surface area contributed by atoms with Crippen molar-refractivity contribution in [3.63, 3.8) is 0 Å². The Bertz CT molecular complexity index is 1130. The molecule has 8 nitrogen and oxygen atoms in total. The number of benzene rings is 2. The predicted octanol–water partition coefficient (Wildman–Crippen LogP) is 3.91. The number of nitrogen functional groups attached to an aromatic ring is 1. The zero-order valence-corrected chi connectivity index (χ0v) is 18.0. The van der Waals surface area contributed by atoms with Crippen molar-refractivity contribution in [3.8, 4) is 57.2 Å². The highest BCUT2D eigenvalue weighted by Gasteiger charge is 2.19. The third-order valence-electron chi connectivity index (χ3n) is 4.81. The number of nitriles is 1. The molecule has 0 bridgehead atoms. The number of anilines is 1. The first-order valence-electron chi connectivity index (χ1n) is 9.24. The topological polar surface area (TPSA) is 109 Å². The summed E-state index contributed by atoms with van der Waals surface area (Å²) in [6.07, 6.45) is 0. The Labute approximate surface area is 180 Å². The molecule has 0 radical (unpaired) electrons. The van der Waals surface area contributed by atoms with Gasteiger partial charge in [-0.25, -0.2) is 4.98 Å². The lowest BCUT2D eigenvalue weighted by Crippen LogP contribution is -2.01. The van der Waals surface area contributed by atoms with Gasteiger partial charge in [0.25, 0.3) is 0 Å². The number of nitrogens with zero attached hydrogens (tertiary/aromatic N) is 2. The second-order valence-corrected chi connectivity index (χ2v) is 6.41. The molecule has 0 saturated carbocycles. The molecule has 160 valence electrons. The molecule has 0 atom stereocenters. The van der Waals surface area contributed by atoms with E-state index in [4.69, 9.17) is 29.4 Å². The summed E-state index contributed by atoms with van der Waals surface area (Å²) in [5.41, 5.74) is 8.98. The van der Waals surface area contributed by atoms with Crippen molar-refractivity contribution in [2.45, 2.75) is 0 Å². The summed E-state index contributed by atoms with van der Waals surface area (Å²) in [5.74, 6) is 2.64. The second-order valence-electron chi connectivity index (χ2n) is 6.41. The number of hydrogen-bond donors (Lipinski definition) is 1. The van der Waals surface area contributed by atoms with Gasteiger partial charge in [-0.05, 0) is 42.0 Å². The molecule has 0 fully saturated rings. The largest absolute Gasteiger partial charge is 0.493 e. The number of methoxy groups -OCH3 is 5. The molecule has 0 aliphatic heterocycles. The minimum absolute atomic E-state index is 0.110. The minimum atomic E-state index is 0.110. The summed E-state index contributed by atoms with van der Waals surface area (Å²) in [4.78, 5) is 4.42. The van der Waals surface area contributed by atoms with Gasteiger partial charge in [-0.15, -0.1) is 0 Å². The van der Waals surface area contributed by atoms with Crippen LogP contribution in [0.5, 0.6) is 28.7 Å². The first kappa shape index (κ1) is 21.6. The fourth-order valence-electron chi connectivity index (χ4n) is 3.29. The van der Waals surface area contributed by atoms with Gasteiger partial charge in [-0.2, -0.15) is 5.26 Å². The molecule has 8 heteroatoms. The number of pyridine rings is 1. The number of aromatic nitrogens is 1. The van der Waals surface area contributed by atoms with Crippen LogP contribution in [0.4, 0.5) is 5.82 Å². The highest BCUT2D eigenvalue weighted by atomic mass is 16.5. The first-order valence-corrected chi connectivity index (χ1v) is 9.24. The average molecular weight is 421 g/mol. The van der Waals surface area contributed by atoms with E-state index in [0.717, 1.165) is 5.56 Å². The summed E-state index contributed by atoms with van der Waals surface area (Å²) in [7, 11) is 7.71. The van der Waals surface area contributed by atoms with Crippen molar-refractivity contribution in [2.24, 2.45) is 0 Å². The Hall–Kier alpha value is -4.12. The molecule has 0 saturated heterocycles. The molecule has 0 aliphatic rings. The van der Waals surface area contributed by atoms with E-state index < -0.39 is 0 Å². The van der Waals surface area contributed by atoms with Crippen molar-refractivity contribution in [1.29, 1.82) is 5.26 Å². The smallest absolute Gasteiger partial charge is 0.203 e.